The smallest absolute Gasteiger partial charge is 0.313 e. The van der Waals surface area contributed by atoms with Crippen molar-refractivity contribution in [3.63, 3.8) is 0 Å². The Morgan fingerprint density at radius 2 is 1.62 bits per heavy atom. The van der Waals surface area contributed by atoms with E-state index in [0.717, 1.165) is 22.4 Å². The molecule has 0 aliphatic carbocycles. The minimum absolute atomic E-state index is 0.0283. The van der Waals surface area contributed by atoms with Crippen LogP contribution in [-0.4, -0.2) is 15.9 Å². The Bertz CT molecular complexity index is 971. The number of amides is 2. The Kier molecular flexibility index (Phi) is 6.24. The number of non-ortho nitro benzene ring substituents is 1. The molecule has 3 aromatic rings. The summed E-state index contributed by atoms with van der Waals surface area (Å²) in [6.07, 6.45) is 0. The van der Waals surface area contributed by atoms with Crippen molar-refractivity contribution in [3.05, 3.63) is 106 Å². The predicted molar refractivity (Wildman–Crippen MR) is 114 cm³/mol. The summed E-state index contributed by atoms with van der Waals surface area (Å²) in [4.78, 5) is 25.3. The number of rotatable bonds is 6. The molecule has 0 aliphatic heterocycles. The second kappa shape index (κ2) is 9.01. The van der Waals surface area contributed by atoms with Crippen LogP contribution < -0.4 is 5.32 Å². The van der Waals surface area contributed by atoms with Crippen LogP contribution in [-0.2, 0) is 6.54 Å². The van der Waals surface area contributed by atoms with Gasteiger partial charge < -0.3 is 10.2 Å². The first-order valence-corrected chi connectivity index (χ1v) is 9.36. The molecule has 6 heteroatoms. The lowest BCUT2D eigenvalue weighted by molar-refractivity contribution is -0.384. The van der Waals surface area contributed by atoms with Gasteiger partial charge in [-0.15, -0.1) is 0 Å². The first-order valence-electron chi connectivity index (χ1n) is 9.36. The maximum absolute atomic E-state index is 13.1. The molecular formula is C23H23N3O3. The lowest BCUT2D eigenvalue weighted by Crippen LogP contribution is -2.36. The summed E-state index contributed by atoms with van der Waals surface area (Å²) in [6.45, 7) is 4.28. The molecule has 0 bridgehead atoms. The van der Waals surface area contributed by atoms with E-state index in [0.29, 0.717) is 6.54 Å². The first-order chi connectivity index (χ1) is 13.9. The average molecular weight is 389 g/mol. The quantitative estimate of drug-likeness (QED) is 0.434. The predicted octanol–water partition coefficient (Wildman–Crippen LogP) is 5.70. The fourth-order valence-electron chi connectivity index (χ4n) is 3.05. The third-order valence-corrected chi connectivity index (χ3v) is 4.81. The number of nitro benzene ring substituents is 1. The Hall–Kier alpha value is -3.67. The van der Waals surface area contributed by atoms with Crippen LogP contribution in [0.3, 0.4) is 0 Å². The van der Waals surface area contributed by atoms with Crippen molar-refractivity contribution in [1.29, 1.82) is 0 Å². The summed E-state index contributed by atoms with van der Waals surface area (Å²) in [5.74, 6) is 0. The molecule has 3 rings (SSSR count). The highest BCUT2D eigenvalue weighted by molar-refractivity contribution is 5.89. The van der Waals surface area contributed by atoms with Gasteiger partial charge in [-0.2, -0.15) is 0 Å². The SMILES string of the molecule is Cc1ccc(NC(=O)N(Cc2ccc([N+](=O)[O-])cc2)C(C)c2ccccc2)cc1. The molecule has 0 radical (unpaired) electrons. The second-order valence-electron chi connectivity index (χ2n) is 6.93. The van der Waals surface area contributed by atoms with E-state index in [9.17, 15) is 14.9 Å². The fraction of sp³-hybridized carbons (Fsp3) is 0.174. The van der Waals surface area contributed by atoms with Crippen molar-refractivity contribution in [1.82, 2.24) is 4.90 Å². The van der Waals surface area contributed by atoms with Gasteiger partial charge in [-0.25, -0.2) is 4.79 Å². The van der Waals surface area contributed by atoms with Crippen LogP contribution in [0, 0.1) is 17.0 Å². The summed E-state index contributed by atoms with van der Waals surface area (Å²) in [6, 6.07) is 23.2. The summed E-state index contributed by atoms with van der Waals surface area (Å²) < 4.78 is 0. The molecule has 0 heterocycles. The van der Waals surface area contributed by atoms with Crippen LogP contribution in [0.25, 0.3) is 0 Å². The summed E-state index contributed by atoms with van der Waals surface area (Å²) in [7, 11) is 0. The van der Waals surface area contributed by atoms with E-state index in [1.165, 1.54) is 12.1 Å². The molecule has 1 atom stereocenters. The zero-order valence-electron chi connectivity index (χ0n) is 16.4. The number of benzene rings is 3. The highest BCUT2D eigenvalue weighted by atomic mass is 16.6. The zero-order valence-corrected chi connectivity index (χ0v) is 16.4. The van der Waals surface area contributed by atoms with Gasteiger partial charge in [-0.1, -0.05) is 60.2 Å². The topological polar surface area (TPSA) is 75.5 Å². The lowest BCUT2D eigenvalue weighted by Gasteiger charge is -2.30. The molecule has 0 fully saturated rings. The van der Waals surface area contributed by atoms with Crippen LogP contribution in [0.15, 0.2) is 78.9 Å². The number of hydrogen-bond donors (Lipinski definition) is 1. The molecular weight excluding hydrogens is 366 g/mol. The van der Waals surface area contributed by atoms with Crippen molar-refractivity contribution in [2.45, 2.75) is 26.4 Å². The highest BCUT2D eigenvalue weighted by Crippen LogP contribution is 2.24. The minimum Gasteiger partial charge on any atom is -0.313 e. The van der Waals surface area contributed by atoms with Gasteiger partial charge in [0.2, 0.25) is 0 Å². The van der Waals surface area contributed by atoms with Gasteiger partial charge in [0, 0.05) is 24.4 Å². The van der Waals surface area contributed by atoms with E-state index >= 15 is 0 Å². The highest BCUT2D eigenvalue weighted by Gasteiger charge is 2.22. The van der Waals surface area contributed by atoms with Gasteiger partial charge in [0.1, 0.15) is 0 Å². The van der Waals surface area contributed by atoms with Crippen LogP contribution in [0.5, 0.6) is 0 Å². The zero-order chi connectivity index (χ0) is 20.8. The van der Waals surface area contributed by atoms with Crippen molar-refractivity contribution in [2.24, 2.45) is 0 Å². The summed E-state index contributed by atoms with van der Waals surface area (Å²) in [5, 5.41) is 13.8. The monoisotopic (exact) mass is 389 g/mol. The number of aryl methyl sites for hydroxylation is 1. The standard InChI is InChI=1S/C23H23N3O3/c1-17-8-12-21(13-9-17)24-23(27)25(18(2)20-6-4-3-5-7-20)16-19-10-14-22(15-11-19)26(28)29/h3-15,18H,16H2,1-2H3,(H,24,27). The second-order valence-corrected chi connectivity index (χ2v) is 6.93. The van der Waals surface area contributed by atoms with Gasteiger partial charge in [0.25, 0.3) is 5.69 Å². The Balaban J connectivity index is 1.85. The van der Waals surface area contributed by atoms with Gasteiger partial charge in [-0.05, 0) is 37.1 Å². The number of carbonyl (C=O) groups excluding carboxylic acids is 1. The molecule has 0 aliphatic rings. The van der Waals surface area contributed by atoms with Crippen LogP contribution in [0.1, 0.15) is 29.7 Å². The van der Waals surface area contributed by atoms with Crippen molar-refractivity contribution < 1.29 is 9.72 Å². The van der Waals surface area contributed by atoms with E-state index in [1.54, 1.807) is 17.0 Å². The molecule has 3 aromatic carbocycles. The van der Waals surface area contributed by atoms with E-state index in [2.05, 4.69) is 5.32 Å². The van der Waals surface area contributed by atoms with Gasteiger partial charge in [0.05, 0.1) is 11.0 Å². The number of nitro groups is 1. The van der Waals surface area contributed by atoms with Crippen LogP contribution in [0.2, 0.25) is 0 Å². The number of nitrogens with zero attached hydrogens (tertiary/aromatic N) is 2. The van der Waals surface area contributed by atoms with E-state index in [4.69, 9.17) is 0 Å². The maximum atomic E-state index is 13.1. The van der Waals surface area contributed by atoms with Crippen molar-refractivity contribution in [3.8, 4) is 0 Å². The van der Waals surface area contributed by atoms with Crippen molar-refractivity contribution >= 4 is 17.4 Å². The number of urea groups is 1. The van der Waals surface area contributed by atoms with Gasteiger partial charge in [-0.3, -0.25) is 10.1 Å². The van der Waals surface area contributed by atoms with Crippen molar-refractivity contribution in [2.75, 3.05) is 5.32 Å². The Labute approximate surface area is 169 Å². The number of carbonyl (C=O) groups is 1. The molecule has 0 spiro atoms. The minimum atomic E-state index is -0.432. The van der Waals surface area contributed by atoms with Crippen LogP contribution in [0.4, 0.5) is 16.2 Å². The third kappa shape index (κ3) is 5.19. The normalized spacial score (nSPS) is 11.5. The maximum Gasteiger partial charge on any atom is 0.322 e. The van der Waals surface area contributed by atoms with E-state index in [1.807, 2.05) is 68.4 Å². The molecule has 1 unspecified atom stereocenters. The first kappa shape index (κ1) is 20.1. The Morgan fingerprint density at radius 1 is 1.00 bits per heavy atom. The summed E-state index contributed by atoms with van der Waals surface area (Å²) >= 11 is 0. The summed E-state index contributed by atoms with van der Waals surface area (Å²) in [5.41, 5.74) is 3.68. The largest absolute Gasteiger partial charge is 0.322 e. The molecule has 148 valence electrons. The molecule has 6 nitrogen and oxygen atoms in total. The number of hydrogen-bond acceptors (Lipinski definition) is 3. The molecule has 29 heavy (non-hydrogen) atoms. The molecule has 1 N–H and O–H groups in total. The molecule has 0 aromatic heterocycles. The van der Waals surface area contributed by atoms with Crippen LogP contribution >= 0.6 is 0 Å². The third-order valence-electron chi connectivity index (χ3n) is 4.81. The number of nitrogens with one attached hydrogen (secondary N) is 1. The van der Waals surface area contributed by atoms with E-state index < -0.39 is 4.92 Å². The molecule has 2 amide bonds. The average Bonchev–Trinajstić information content (AvgIpc) is 2.74. The van der Waals surface area contributed by atoms with Gasteiger partial charge in [0.15, 0.2) is 0 Å². The lowest BCUT2D eigenvalue weighted by atomic mass is 10.1. The Morgan fingerprint density at radius 3 is 2.21 bits per heavy atom. The number of anilines is 1. The molecule has 0 saturated heterocycles. The fourth-order valence-corrected chi connectivity index (χ4v) is 3.05. The van der Waals surface area contributed by atoms with E-state index in [-0.39, 0.29) is 17.8 Å². The van der Waals surface area contributed by atoms with Gasteiger partial charge >= 0.3 is 6.03 Å². The molecule has 0 saturated carbocycles.